The second-order valence-electron chi connectivity index (χ2n) is 7.81. The number of anilines is 1. The number of rotatable bonds is 8. The van der Waals surface area contributed by atoms with Crippen molar-refractivity contribution in [1.29, 1.82) is 0 Å². The maximum Gasteiger partial charge on any atom is 0.255 e. The summed E-state index contributed by atoms with van der Waals surface area (Å²) in [7, 11) is 1.61. The zero-order chi connectivity index (χ0) is 21.6. The number of carbonyl (C=O) groups is 1. The molecule has 164 valence electrons. The third-order valence-electron chi connectivity index (χ3n) is 5.64. The van der Waals surface area contributed by atoms with Gasteiger partial charge in [0.15, 0.2) is 0 Å². The molecular formula is C24H30N4O3. The molecule has 0 aliphatic carbocycles. The lowest BCUT2D eigenvalue weighted by Gasteiger charge is -2.26. The number of carbonyl (C=O) groups excluding carboxylic acids is 1. The van der Waals surface area contributed by atoms with Gasteiger partial charge in [-0.1, -0.05) is 13.3 Å². The Balaban J connectivity index is 1.56. The van der Waals surface area contributed by atoms with Crippen molar-refractivity contribution in [3.8, 4) is 5.75 Å². The van der Waals surface area contributed by atoms with Gasteiger partial charge >= 0.3 is 0 Å². The molecule has 1 saturated heterocycles. The molecule has 0 radical (unpaired) electrons. The van der Waals surface area contributed by atoms with Crippen LogP contribution in [0.15, 0.2) is 42.5 Å². The smallest absolute Gasteiger partial charge is 0.255 e. The largest absolute Gasteiger partial charge is 0.497 e. The monoisotopic (exact) mass is 422 g/mol. The van der Waals surface area contributed by atoms with E-state index in [4.69, 9.17) is 14.5 Å². The minimum absolute atomic E-state index is 0.152. The number of hydrogen-bond acceptors (Lipinski definition) is 5. The molecule has 1 aliphatic heterocycles. The number of hydrogen-bond donors (Lipinski definition) is 1. The highest BCUT2D eigenvalue weighted by Crippen LogP contribution is 2.23. The van der Waals surface area contributed by atoms with E-state index in [2.05, 4.69) is 27.8 Å². The van der Waals surface area contributed by atoms with Gasteiger partial charge in [-0.3, -0.25) is 9.69 Å². The van der Waals surface area contributed by atoms with E-state index in [1.165, 1.54) is 0 Å². The number of imidazole rings is 1. The normalized spacial score (nSPS) is 14.6. The van der Waals surface area contributed by atoms with Crippen LogP contribution in [0.1, 0.15) is 35.9 Å². The first-order chi connectivity index (χ1) is 15.2. The Kier molecular flexibility index (Phi) is 6.84. The van der Waals surface area contributed by atoms with Crippen molar-refractivity contribution in [1.82, 2.24) is 14.5 Å². The topological polar surface area (TPSA) is 68.6 Å². The molecule has 1 fully saturated rings. The first-order valence-electron chi connectivity index (χ1n) is 10.9. The van der Waals surface area contributed by atoms with E-state index in [1.807, 2.05) is 12.1 Å². The highest BCUT2D eigenvalue weighted by atomic mass is 16.5. The fraction of sp³-hybridized carbons (Fsp3) is 0.417. The van der Waals surface area contributed by atoms with Gasteiger partial charge in [-0.25, -0.2) is 4.98 Å². The fourth-order valence-electron chi connectivity index (χ4n) is 3.85. The van der Waals surface area contributed by atoms with Gasteiger partial charge in [0, 0.05) is 30.9 Å². The van der Waals surface area contributed by atoms with E-state index in [-0.39, 0.29) is 5.91 Å². The molecule has 0 saturated carbocycles. The van der Waals surface area contributed by atoms with Crippen LogP contribution in [0, 0.1) is 0 Å². The molecule has 0 bridgehead atoms. The molecule has 1 amide bonds. The zero-order valence-corrected chi connectivity index (χ0v) is 18.3. The Morgan fingerprint density at radius 2 is 1.94 bits per heavy atom. The number of aromatic nitrogens is 2. The Bertz CT molecular complexity index is 1020. The second kappa shape index (κ2) is 9.94. The SMILES string of the molecule is CCCCn1c(CN2CCOCC2)nc2cc(NC(=O)c3ccc(OC)cc3)ccc21. The lowest BCUT2D eigenvalue weighted by atomic mass is 10.2. The number of nitrogens with zero attached hydrogens (tertiary/aromatic N) is 3. The second-order valence-corrected chi connectivity index (χ2v) is 7.81. The first-order valence-corrected chi connectivity index (χ1v) is 10.9. The van der Waals surface area contributed by atoms with Gasteiger partial charge in [0.05, 0.1) is 37.9 Å². The van der Waals surface area contributed by atoms with Gasteiger partial charge in [-0.2, -0.15) is 0 Å². The van der Waals surface area contributed by atoms with Gasteiger partial charge in [-0.15, -0.1) is 0 Å². The van der Waals surface area contributed by atoms with Crippen molar-refractivity contribution in [2.75, 3.05) is 38.7 Å². The summed E-state index contributed by atoms with van der Waals surface area (Å²) < 4.78 is 13.0. The minimum atomic E-state index is -0.152. The molecule has 31 heavy (non-hydrogen) atoms. The average molecular weight is 423 g/mol. The van der Waals surface area contributed by atoms with Crippen molar-refractivity contribution >= 4 is 22.6 Å². The van der Waals surface area contributed by atoms with Gasteiger partial charge < -0.3 is 19.4 Å². The Labute approximate surface area is 183 Å². The number of methoxy groups -OCH3 is 1. The maximum atomic E-state index is 12.6. The van der Waals surface area contributed by atoms with Crippen molar-refractivity contribution < 1.29 is 14.3 Å². The summed E-state index contributed by atoms with van der Waals surface area (Å²) in [5, 5.41) is 2.99. The van der Waals surface area contributed by atoms with E-state index in [0.29, 0.717) is 5.56 Å². The number of fused-ring (bicyclic) bond motifs is 1. The van der Waals surface area contributed by atoms with E-state index >= 15 is 0 Å². The maximum absolute atomic E-state index is 12.6. The van der Waals surface area contributed by atoms with Crippen molar-refractivity contribution in [2.24, 2.45) is 0 Å². The van der Waals surface area contributed by atoms with E-state index in [0.717, 1.165) is 80.5 Å². The highest BCUT2D eigenvalue weighted by Gasteiger charge is 2.17. The van der Waals surface area contributed by atoms with Crippen molar-refractivity contribution in [3.63, 3.8) is 0 Å². The number of ether oxygens (including phenoxy) is 2. The summed E-state index contributed by atoms with van der Waals surface area (Å²) in [6.45, 7) is 7.38. The van der Waals surface area contributed by atoms with Crippen LogP contribution >= 0.6 is 0 Å². The van der Waals surface area contributed by atoms with E-state index in [1.54, 1.807) is 31.4 Å². The zero-order valence-electron chi connectivity index (χ0n) is 18.3. The molecule has 7 nitrogen and oxygen atoms in total. The summed E-state index contributed by atoms with van der Waals surface area (Å²) in [5.41, 5.74) is 3.35. The summed E-state index contributed by atoms with van der Waals surface area (Å²) in [6.07, 6.45) is 2.24. The Hall–Kier alpha value is -2.90. The number of aryl methyl sites for hydroxylation is 1. The average Bonchev–Trinajstić information content (AvgIpc) is 3.14. The number of unbranched alkanes of at least 4 members (excludes halogenated alkanes) is 1. The number of nitrogens with one attached hydrogen (secondary N) is 1. The van der Waals surface area contributed by atoms with E-state index < -0.39 is 0 Å². The van der Waals surface area contributed by atoms with Crippen LogP contribution in [0.3, 0.4) is 0 Å². The van der Waals surface area contributed by atoms with Gasteiger partial charge in [0.25, 0.3) is 5.91 Å². The molecule has 7 heteroatoms. The summed E-state index contributed by atoms with van der Waals surface area (Å²) >= 11 is 0. The van der Waals surface area contributed by atoms with Crippen LogP contribution in [-0.2, 0) is 17.8 Å². The van der Waals surface area contributed by atoms with Crippen LogP contribution in [-0.4, -0.2) is 53.8 Å². The van der Waals surface area contributed by atoms with Crippen LogP contribution in [0.2, 0.25) is 0 Å². The number of morpholine rings is 1. The fourth-order valence-corrected chi connectivity index (χ4v) is 3.85. The molecule has 3 aromatic rings. The number of amides is 1. The van der Waals surface area contributed by atoms with Crippen LogP contribution in [0.25, 0.3) is 11.0 Å². The third kappa shape index (κ3) is 5.06. The number of benzene rings is 2. The van der Waals surface area contributed by atoms with Gasteiger partial charge in [-0.05, 0) is 48.9 Å². The molecule has 0 spiro atoms. The van der Waals surface area contributed by atoms with E-state index in [9.17, 15) is 4.79 Å². The molecule has 1 aromatic heterocycles. The highest BCUT2D eigenvalue weighted by molar-refractivity contribution is 6.05. The quantitative estimate of drug-likeness (QED) is 0.596. The molecule has 2 heterocycles. The molecule has 0 atom stereocenters. The lowest BCUT2D eigenvalue weighted by molar-refractivity contribution is 0.0326. The van der Waals surface area contributed by atoms with Crippen molar-refractivity contribution in [3.05, 3.63) is 53.9 Å². The summed E-state index contributed by atoms with van der Waals surface area (Å²) in [4.78, 5) is 20.0. The third-order valence-corrected chi connectivity index (χ3v) is 5.64. The Morgan fingerprint density at radius 1 is 1.16 bits per heavy atom. The molecule has 0 unspecified atom stereocenters. The standard InChI is InChI=1S/C24H30N4O3/c1-3-4-11-28-22-10-7-19(25-24(29)18-5-8-20(30-2)9-6-18)16-21(22)26-23(28)17-27-12-14-31-15-13-27/h5-10,16H,3-4,11-15,17H2,1-2H3,(H,25,29). The van der Waals surface area contributed by atoms with Crippen molar-refractivity contribution in [2.45, 2.75) is 32.9 Å². The molecule has 2 aromatic carbocycles. The predicted molar refractivity (Wildman–Crippen MR) is 122 cm³/mol. The van der Waals surface area contributed by atoms with Gasteiger partial charge in [0.1, 0.15) is 11.6 Å². The van der Waals surface area contributed by atoms with Crippen LogP contribution in [0.4, 0.5) is 5.69 Å². The summed E-state index contributed by atoms with van der Waals surface area (Å²) in [5.74, 6) is 1.65. The minimum Gasteiger partial charge on any atom is -0.497 e. The molecule has 4 rings (SSSR count). The lowest BCUT2D eigenvalue weighted by Crippen LogP contribution is -2.36. The van der Waals surface area contributed by atoms with Crippen LogP contribution < -0.4 is 10.1 Å². The first kappa shape index (κ1) is 21.3. The summed E-state index contributed by atoms with van der Waals surface area (Å²) in [6, 6.07) is 13.1. The molecule has 1 aliphatic rings. The molecular weight excluding hydrogens is 392 g/mol. The molecule has 1 N–H and O–H groups in total. The predicted octanol–water partition coefficient (Wildman–Crippen LogP) is 3.93. The van der Waals surface area contributed by atoms with Gasteiger partial charge in [0.2, 0.25) is 0 Å². The Morgan fingerprint density at radius 3 is 2.65 bits per heavy atom. The van der Waals surface area contributed by atoms with Crippen LogP contribution in [0.5, 0.6) is 5.75 Å².